The normalized spacial score (nSPS) is 14.3. The van der Waals surface area contributed by atoms with Crippen molar-refractivity contribution in [3.8, 4) is 5.75 Å². The number of anilines is 1. The van der Waals surface area contributed by atoms with E-state index >= 15 is 0 Å². The Kier molecular flexibility index (Phi) is 7.60. The first-order chi connectivity index (χ1) is 16.9. The van der Waals surface area contributed by atoms with Crippen molar-refractivity contribution in [3.63, 3.8) is 0 Å². The molecule has 0 spiro atoms. The molecule has 1 heterocycles. The Hall–Kier alpha value is -3.53. The number of morpholine rings is 1. The third kappa shape index (κ3) is 5.43. The van der Waals surface area contributed by atoms with Crippen LogP contribution in [0.3, 0.4) is 0 Å². The number of ketones is 1. The monoisotopic (exact) mass is 494 g/mol. The van der Waals surface area contributed by atoms with Crippen LogP contribution >= 0.6 is 0 Å². The van der Waals surface area contributed by atoms with Crippen molar-refractivity contribution >= 4 is 27.4 Å². The van der Waals surface area contributed by atoms with Crippen LogP contribution in [-0.2, 0) is 14.8 Å². The predicted octanol–water partition coefficient (Wildman–Crippen LogP) is 3.59. The molecule has 8 nitrogen and oxygen atoms in total. The van der Waals surface area contributed by atoms with Gasteiger partial charge in [-0.05, 0) is 31.2 Å². The molecule has 35 heavy (non-hydrogen) atoms. The average Bonchev–Trinajstić information content (AvgIpc) is 2.90. The van der Waals surface area contributed by atoms with Crippen LogP contribution in [0.15, 0.2) is 77.7 Å². The third-order valence-corrected chi connectivity index (χ3v) is 7.46. The Balaban J connectivity index is 1.65. The van der Waals surface area contributed by atoms with Crippen molar-refractivity contribution < 1.29 is 27.5 Å². The zero-order valence-electron chi connectivity index (χ0n) is 19.3. The molecule has 4 rings (SSSR count). The van der Waals surface area contributed by atoms with Crippen LogP contribution in [0, 0.1) is 0 Å². The SMILES string of the molecule is CCOc1ccc(NC(=O)c2ccccc2C(=O)c2ccccc2)cc1S(=O)(=O)N1CCOCC1. The van der Waals surface area contributed by atoms with E-state index in [1.165, 1.54) is 16.4 Å². The van der Waals surface area contributed by atoms with E-state index < -0.39 is 15.9 Å². The van der Waals surface area contributed by atoms with Gasteiger partial charge in [0.2, 0.25) is 10.0 Å². The maximum atomic E-state index is 13.3. The van der Waals surface area contributed by atoms with Crippen molar-refractivity contribution in [2.45, 2.75) is 11.8 Å². The number of carbonyl (C=O) groups excluding carboxylic acids is 2. The topological polar surface area (TPSA) is 102 Å². The van der Waals surface area contributed by atoms with Gasteiger partial charge in [-0.1, -0.05) is 48.5 Å². The van der Waals surface area contributed by atoms with Gasteiger partial charge in [0.25, 0.3) is 5.91 Å². The number of ether oxygens (including phenoxy) is 2. The second kappa shape index (κ2) is 10.8. The zero-order chi connectivity index (χ0) is 24.8. The van der Waals surface area contributed by atoms with Gasteiger partial charge >= 0.3 is 0 Å². The molecule has 0 radical (unpaired) electrons. The molecule has 0 bridgehead atoms. The summed E-state index contributed by atoms with van der Waals surface area (Å²) >= 11 is 0. The first-order valence-electron chi connectivity index (χ1n) is 11.3. The molecule has 1 saturated heterocycles. The van der Waals surface area contributed by atoms with E-state index in [1.54, 1.807) is 61.5 Å². The number of nitrogens with one attached hydrogen (secondary N) is 1. The molecule has 3 aromatic rings. The molecule has 1 aliphatic heterocycles. The fourth-order valence-corrected chi connectivity index (χ4v) is 5.38. The smallest absolute Gasteiger partial charge is 0.256 e. The number of amides is 1. The first-order valence-corrected chi connectivity index (χ1v) is 12.7. The van der Waals surface area contributed by atoms with Gasteiger partial charge in [-0.15, -0.1) is 0 Å². The maximum Gasteiger partial charge on any atom is 0.256 e. The molecule has 1 N–H and O–H groups in total. The Morgan fingerprint density at radius 1 is 0.943 bits per heavy atom. The number of carbonyl (C=O) groups is 2. The third-order valence-electron chi connectivity index (χ3n) is 5.54. The molecule has 1 aliphatic rings. The predicted molar refractivity (Wildman–Crippen MR) is 131 cm³/mol. The lowest BCUT2D eigenvalue weighted by atomic mass is 9.98. The van der Waals surface area contributed by atoms with Gasteiger partial charge in [0.05, 0.1) is 25.4 Å². The molecular formula is C26H26N2O6S. The van der Waals surface area contributed by atoms with Crippen LogP contribution in [0.25, 0.3) is 0 Å². The second-order valence-electron chi connectivity index (χ2n) is 7.81. The van der Waals surface area contributed by atoms with Crippen LogP contribution in [-0.4, -0.2) is 57.3 Å². The largest absolute Gasteiger partial charge is 0.492 e. The summed E-state index contributed by atoms with van der Waals surface area (Å²) in [4.78, 5) is 26.1. The molecule has 0 aliphatic carbocycles. The standard InChI is InChI=1S/C26H26N2O6S/c1-2-34-23-13-12-20(18-24(23)35(31,32)28-14-16-33-17-15-28)27-26(30)22-11-7-6-10-21(22)25(29)19-8-4-3-5-9-19/h3-13,18H,2,14-17H2,1H3,(H,27,30). The molecule has 182 valence electrons. The van der Waals surface area contributed by atoms with Crippen molar-refractivity contribution in [2.24, 2.45) is 0 Å². The molecule has 0 atom stereocenters. The molecule has 3 aromatic carbocycles. The minimum Gasteiger partial charge on any atom is -0.492 e. The summed E-state index contributed by atoms with van der Waals surface area (Å²) in [5.74, 6) is -0.598. The summed E-state index contributed by atoms with van der Waals surface area (Å²) in [6.45, 7) is 3.14. The van der Waals surface area contributed by atoms with Crippen LogP contribution in [0.1, 0.15) is 33.2 Å². The average molecular weight is 495 g/mol. The summed E-state index contributed by atoms with van der Waals surface area (Å²) in [5, 5.41) is 2.74. The zero-order valence-corrected chi connectivity index (χ0v) is 20.1. The number of nitrogens with zero attached hydrogens (tertiary/aromatic N) is 1. The Bertz CT molecular complexity index is 1320. The lowest BCUT2D eigenvalue weighted by Gasteiger charge is -2.27. The molecule has 0 saturated carbocycles. The fraction of sp³-hybridized carbons (Fsp3) is 0.231. The summed E-state index contributed by atoms with van der Waals surface area (Å²) in [6, 6.07) is 19.7. The Morgan fingerprint density at radius 2 is 1.60 bits per heavy atom. The highest BCUT2D eigenvalue weighted by molar-refractivity contribution is 7.89. The van der Waals surface area contributed by atoms with Crippen LogP contribution < -0.4 is 10.1 Å². The van der Waals surface area contributed by atoms with Gasteiger partial charge in [0.1, 0.15) is 10.6 Å². The number of sulfonamides is 1. The quantitative estimate of drug-likeness (QED) is 0.480. The Labute approximate surface area is 204 Å². The van der Waals surface area contributed by atoms with E-state index in [1.807, 2.05) is 6.07 Å². The van der Waals surface area contributed by atoms with Gasteiger partial charge in [-0.25, -0.2) is 8.42 Å². The molecule has 0 aromatic heterocycles. The highest BCUT2D eigenvalue weighted by Gasteiger charge is 2.30. The highest BCUT2D eigenvalue weighted by atomic mass is 32.2. The minimum atomic E-state index is -3.87. The number of hydrogen-bond acceptors (Lipinski definition) is 6. The van der Waals surface area contributed by atoms with E-state index in [0.717, 1.165) is 0 Å². The summed E-state index contributed by atoms with van der Waals surface area (Å²) in [6.07, 6.45) is 0. The molecular weight excluding hydrogens is 468 g/mol. The summed E-state index contributed by atoms with van der Waals surface area (Å²) in [7, 11) is -3.87. The lowest BCUT2D eigenvalue weighted by Crippen LogP contribution is -2.40. The summed E-state index contributed by atoms with van der Waals surface area (Å²) < 4.78 is 38.8. The number of hydrogen-bond donors (Lipinski definition) is 1. The maximum absolute atomic E-state index is 13.3. The van der Waals surface area contributed by atoms with Gasteiger partial charge in [0.15, 0.2) is 5.78 Å². The second-order valence-corrected chi connectivity index (χ2v) is 9.71. The van der Waals surface area contributed by atoms with Gasteiger partial charge in [-0.2, -0.15) is 4.31 Å². The minimum absolute atomic E-state index is 0.0345. The van der Waals surface area contributed by atoms with E-state index in [0.29, 0.717) is 18.8 Å². The highest BCUT2D eigenvalue weighted by Crippen LogP contribution is 2.31. The van der Waals surface area contributed by atoms with E-state index in [4.69, 9.17) is 9.47 Å². The fourth-order valence-electron chi connectivity index (χ4n) is 3.81. The molecule has 1 fully saturated rings. The van der Waals surface area contributed by atoms with Crippen LogP contribution in [0.5, 0.6) is 5.75 Å². The van der Waals surface area contributed by atoms with Gasteiger partial charge < -0.3 is 14.8 Å². The molecule has 1 amide bonds. The van der Waals surface area contributed by atoms with Gasteiger partial charge in [-0.3, -0.25) is 9.59 Å². The van der Waals surface area contributed by atoms with E-state index in [2.05, 4.69) is 5.32 Å². The van der Waals surface area contributed by atoms with Crippen LogP contribution in [0.4, 0.5) is 5.69 Å². The number of benzene rings is 3. The van der Waals surface area contributed by atoms with Crippen molar-refractivity contribution in [2.75, 3.05) is 38.2 Å². The molecule has 0 unspecified atom stereocenters. The number of rotatable bonds is 8. The first kappa shape index (κ1) is 24.6. The summed E-state index contributed by atoms with van der Waals surface area (Å²) in [5.41, 5.74) is 1.18. The van der Waals surface area contributed by atoms with E-state index in [-0.39, 0.29) is 52.9 Å². The van der Waals surface area contributed by atoms with Crippen molar-refractivity contribution in [3.05, 3.63) is 89.5 Å². The van der Waals surface area contributed by atoms with E-state index in [9.17, 15) is 18.0 Å². The van der Waals surface area contributed by atoms with Crippen molar-refractivity contribution in [1.82, 2.24) is 4.31 Å². The Morgan fingerprint density at radius 3 is 2.29 bits per heavy atom. The lowest BCUT2D eigenvalue weighted by molar-refractivity contribution is 0.0729. The molecule has 9 heteroatoms. The van der Waals surface area contributed by atoms with Crippen molar-refractivity contribution in [1.29, 1.82) is 0 Å². The van der Waals surface area contributed by atoms with Crippen LogP contribution in [0.2, 0.25) is 0 Å². The van der Waals surface area contributed by atoms with Gasteiger partial charge in [0, 0.05) is 29.9 Å².